The van der Waals surface area contributed by atoms with Crippen molar-refractivity contribution < 1.29 is 31.7 Å². The number of ketones is 1. The van der Waals surface area contributed by atoms with Gasteiger partial charge < -0.3 is 9.47 Å². The Labute approximate surface area is 122 Å². The molecule has 3 rings (SSSR count). The fraction of sp³-hybridized carbons (Fsp3) is 0.692. The lowest BCUT2D eigenvalue weighted by Crippen LogP contribution is -2.37. The molecular weight excluding hydrogens is 300 g/mol. The van der Waals surface area contributed by atoms with Crippen molar-refractivity contribution in [1.29, 1.82) is 0 Å². The second kappa shape index (κ2) is 4.81. The van der Waals surface area contributed by atoms with E-state index in [1.807, 2.05) is 0 Å². The minimum absolute atomic E-state index is 0.0216. The van der Waals surface area contributed by atoms with Crippen LogP contribution < -0.4 is 0 Å². The zero-order chi connectivity index (χ0) is 15.4. The Morgan fingerprint density at radius 2 is 2.05 bits per heavy atom. The molecule has 21 heavy (non-hydrogen) atoms. The highest BCUT2D eigenvalue weighted by Crippen LogP contribution is 2.55. The van der Waals surface area contributed by atoms with Gasteiger partial charge in [0.05, 0.1) is 5.25 Å². The van der Waals surface area contributed by atoms with Gasteiger partial charge in [-0.15, -0.1) is 0 Å². The molecule has 2 bridgehead atoms. The van der Waals surface area contributed by atoms with Crippen LogP contribution in [0.5, 0.6) is 0 Å². The molecule has 0 aromatic heterocycles. The first-order valence-corrected chi connectivity index (χ1v) is 8.21. The normalized spacial score (nSPS) is 38.2. The topological polar surface area (TPSA) is 96.0 Å². The Morgan fingerprint density at radius 1 is 1.33 bits per heavy atom. The van der Waals surface area contributed by atoms with Crippen LogP contribution in [0.3, 0.4) is 0 Å². The molecule has 0 spiro atoms. The fourth-order valence-electron chi connectivity index (χ4n) is 3.44. The molecule has 0 N–H and O–H groups in total. The Hall–Kier alpha value is -1.41. The zero-order valence-corrected chi connectivity index (χ0v) is 12.3. The molecule has 0 amide bonds. The van der Waals surface area contributed by atoms with Gasteiger partial charge in [-0.2, -0.15) is 8.42 Å². The summed E-state index contributed by atoms with van der Waals surface area (Å²) in [6.45, 7) is 4.53. The van der Waals surface area contributed by atoms with Crippen molar-refractivity contribution in [2.45, 2.75) is 37.2 Å². The van der Waals surface area contributed by atoms with Gasteiger partial charge >= 0.3 is 6.16 Å². The summed E-state index contributed by atoms with van der Waals surface area (Å²) in [7, 11) is -3.53. The molecule has 1 aliphatic heterocycles. The van der Waals surface area contributed by atoms with Gasteiger partial charge in [0.15, 0.2) is 12.4 Å². The average Bonchev–Trinajstić information content (AvgIpc) is 2.99. The van der Waals surface area contributed by atoms with E-state index in [0.717, 1.165) is 0 Å². The molecular formula is C13H16O7S. The second-order valence-corrected chi connectivity index (χ2v) is 7.60. The van der Waals surface area contributed by atoms with Crippen molar-refractivity contribution >= 4 is 22.1 Å². The number of carbonyl (C=O) groups is 2. The first-order chi connectivity index (χ1) is 9.79. The van der Waals surface area contributed by atoms with Crippen molar-refractivity contribution in [1.82, 2.24) is 0 Å². The maximum absolute atomic E-state index is 11.8. The smallest absolute Gasteiger partial charge is 0.428 e. The van der Waals surface area contributed by atoms with Crippen LogP contribution in [0.4, 0.5) is 4.79 Å². The SMILES string of the molecule is C=C(C)C(=O)COC(=O)OC1C2CC3C1OS(=O)(=O)C3C2. The van der Waals surface area contributed by atoms with Crippen LogP contribution in [0, 0.1) is 11.8 Å². The Bertz CT molecular complexity index is 608. The third-order valence-corrected chi connectivity index (χ3v) is 6.22. The van der Waals surface area contributed by atoms with Crippen molar-refractivity contribution in [3.8, 4) is 0 Å². The van der Waals surface area contributed by atoms with Crippen molar-refractivity contribution in [2.75, 3.05) is 6.61 Å². The summed E-state index contributed by atoms with van der Waals surface area (Å²) in [5.74, 6) is -0.513. The van der Waals surface area contributed by atoms with Crippen LogP contribution >= 0.6 is 0 Å². The molecule has 2 aliphatic carbocycles. The molecule has 3 aliphatic rings. The monoisotopic (exact) mass is 316 g/mol. The maximum atomic E-state index is 11.8. The highest BCUT2D eigenvalue weighted by Gasteiger charge is 2.65. The quantitative estimate of drug-likeness (QED) is 0.430. The number of hydrogen-bond acceptors (Lipinski definition) is 7. The lowest BCUT2D eigenvalue weighted by Gasteiger charge is -2.24. The highest BCUT2D eigenvalue weighted by molar-refractivity contribution is 7.87. The van der Waals surface area contributed by atoms with E-state index in [9.17, 15) is 18.0 Å². The third kappa shape index (κ3) is 2.36. The van der Waals surface area contributed by atoms with Crippen LogP contribution in [0.25, 0.3) is 0 Å². The largest absolute Gasteiger partial charge is 0.509 e. The summed E-state index contributed by atoms with van der Waals surface area (Å²) in [5, 5.41) is -0.464. The second-order valence-electron chi connectivity index (χ2n) is 5.81. The van der Waals surface area contributed by atoms with E-state index < -0.39 is 40.3 Å². The number of carbonyl (C=O) groups excluding carboxylic acids is 2. The van der Waals surface area contributed by atoms with E-state index in [0.29, 0.717) is 12.8 Å². The predicted octanol–water partition coefficient (Wildman–Crippen LogP) is 0.790. The lowest BCUT2D eigenvalue weighted by molar-refractivity contribution is -0.119. The molecule has 2 saturated carbocycles. The summed E-state index contributed by atoms with van der Waals surface area (Å²) in [5.41, 5.74) is 0.288. The van der Waals surface area contributed by atoms with Gasteiger partial charge in [0.2, 0.25) is 0 Å². The molecule has 0 radical (unpaired) electrons. The van der Waals surface area contributed by atoms with E-state index in [4.69, 9.17) is 13.7 Å². The summed E-state index contributed by atoms with van der Waals surface area (Å²) < 4.78 is 38.5. The van der Waals surface area contributed by atoms with E-state index in [2.05, 4.69) is 6.58 Å². The van der Waals surface area contributed by atoms with Crippen molar-refractivity contribution in [3.05, 3.63) is 12.2 Å². The van der Waals surface area contributed by atoms with Crippen molar-refractivity contribution in [3.63, 3.8) is 0 Å². The zero-order valence-electron chi connectivity index (χ0n) is 11.5. The van der Waals surface area contributed by atoms with Gasteiger partial charge in [0, 0.05) is 11.8 Å². The number of ether oxygens (including phenoxy) is 2. The van der Waals surface area contributed by atoms with Crippen molar-refractivity contribution in [2.24, 2.45) is 11.8 Å². The number of hydrogen-bond donors (Lipinski definition) is 0. The Kier molecular flexibility index (Phi) is 3.32. The van der Waals surface area contributed by atoms with Gasteiger partial charge in [-0.1, -0.05) is 6.58 Å². The van der Waals surface area contributed by atoms with Crippen LogP contribution in [0.15, 0.2) is 12.2 Å². The first-order valence-electron chi connectivity index (χ1n) is 6.74. The summed E-state index contributed by atoms with van der Waals surface area (Å²) in [6.07, 6.45) is -1.07. The molecule has 5 atom stereocenters. The lowest BCUT2D eigenvalue weighted by atomic mass is 9.94. The van der Waals surface area contributed by atoms with Gasteiger partial charge in [-0.25, -0.2) is 4.79 Å². The standard InChI is InChI=1S/C13H16O7S/c1-6(2)9(14)5-18-13(15)19-11-7-3-8-10(4-7)21(16,17)20-12(8)11/h7-8,10-12H,1,3-5H2,2H3. The number of rotatable bonds is 4. The van der Waals surface area contributed by atoms with Gasteiger partial charge in [-0.05, 0) is 25.3 Å². The van der Waals surface area contributed by atoms with Crippen LogP contribution in [-0.2, 0) is 28.6 Å². The third-order valence-electron chi connectivity index (χ3n) is 4.44. The predicted molar refractivity (Wildman–Crippen MR) is 69.8 cm³/mol. The summed E-state index contributed by atoms with van der Waals surface area (Å²) >= 11 is 0. The number of fused-ring (bicyclic) bond motifs is 1. The molecule has 7 nitrogen and oxygen atoms in total. The molecule has 1 heterocycles. The van der Waals surface area contributed by atoms with Crippen LogP contribution in [0.2, 0.25) is 0 Å². The average molecular weight is 316 g/mol. The van der Waals surface area contributed by atoms with E-state index in [1.165, 1.54) is 6.92 Å². The van der Waals surface area contributed by atoms with E-state index in [1.54, 1.807) is 0 Å². The minimum Gasteiger partial charge on any atom is -0.428 e. The molecule has 5 unspecified atom stereocenters. The fourth-order valence-corrected chi connectivity index (χ4v) is 5.32. The van der Waals surface area contributed by atoms with E-state index in [-0.39, 0.29) is 23.2 Å². The van der Waals surface area contributed by atoms with Crippen LogP contribution in [0.1, 0.15) is 19.8 Å². The first kappa shape index (κ1) is 14.5. The summed E-state index contributed by atoms with van der Waals surface area (Å²) in [4.78, 5) is 22.9. The molecule has 0 aromatic carbocycles. The van der Waals surface area contributed by atoms with Gasteiger partial charge in [0.1, 0.15) is 12.2 Å². The molecule has 0 aromatic rings. The minimum atomic E-state index is -3.53. The summed E-state index contributed by atoms with van der Waals surface area (Å²) in [6, 6.07) is 0. The number of Topliss-reactive ketones (excluding diaryl/α,β-unsaturated/α-hetero) is 1. The molecule has 1 saturated heterocycles. The van der Waals surface area contributed by atoms with E-state index >= 15 is 0 Å². The van der Waals surface area contributed by atoms with Gasteiger partial charge in [-0.3, -0.25) is 8.98 Å². The Morgan fingerprint density at radius 3 is 2.71 bits per heavy atom. The van der Waals surface area contributed by atoms with Crippen LogP contribution in [-0.4, -0.2) is 44.4 Å². The highest BCUT2D eigenvalue weighted by atomic mass is 32.2. The maximum Gasteiger partial charge on any atom is 0.509 e. The van der Waals surface area contributed by atoms with Gasteiger partial charge in [0.25, 0.3) is 10.1 Å². The molecule has 8 heteroatoms. The molecule has 116 valence electrons. The molecule has 3 fully saturated rings. The Balaban J connectivity index is 1.59.